The van der Waals surface area contributed by atoms with E-state index in [9.17, 15) is 0 Å². The second kappa shape index (κ2) is 8.16. The van der Waals surface area contributed by atoms with Gasteiger partial charge in [0, 0.05) is 30.7 Å². The van der Waals surface area contributed by atoms with Crippen molar-refractivity contribution in [2.24, 2.45) is 5.92 Å². The van der Waals surface area contributed by atoms with Gasteiger partial charge in [-0.2, -0.15) is 0 Å². The third-order valence-corrected chi connectivity index (χ3v) is 4.82. The zero-order chi connectivity index (χ0) is 15.2. The first-order valence-electron chi connectivity index (χ1n) is 7.93. The summed E-state index contributed by atoms with van der Waals surface area (Å²) in [6, 6.07) is 7.06. The molecule has 1 aromatic rings. The number of nitrogens with zero attached hydrogens (tertiary/aromatic N) is 1. The Labute approximate surface area is 137 Å². The van der Waals surface area contributed by atoms with E-state index in [1.165, 1.54) is 28.6 Å². The van der Waals surface area contributed by atoms with Crippen LogP contribution >= 0.6 is 15.9 Å². The van der Waals surface area contributed by atoms with E-state index >= 15 is 0 Å². The molecule has 2 rings (SSSR count). The summed E-state index contributed by atoms with van der Waals surface area (Å²) >= 11 is 3.73. The van der Waals surface area contributed by atoms with E-state index in [1.807, 2.05) is 0 Å². The van der Waals surface area contributed by atoms with Crippen molar-refractivity contribution < 1.29 is 4.74 Å². The molecule has 0 bridgehead atoms. The first kappa shape index (κ1) is 16.8. The van der Waals surface area contributed by atoms with Crippen LogP contribution in [0, 0.1) is 5.92 Å². The molecule has 1 aliphatic heterocycles. The fourth-order valence-electron chi connectivity index (χ4n) is 2.96. The molecule has 3 nitrogen and oxygen atoms in total. The summed E-state index contributed by atoms with van der Waals surface area (Å²) in [5, 5.41) is 3.45. The monoisotopic (exact) mass is 354 g/mol. The molecule has 1 aromatic carbocycles. The van der Waals surface area contributed by atoms with Crippen LogP contribution in [0.2, 0.25) is 0 Å². The van der Waals surface area contributed by atoms with E-state index in [0.29, 0.717) is 12.0 Å². The summed E-state index contributed by atoms with van der Waals surface area (Å²) < 4.78 is 6.75. The molecule has 0 radical (unpaired) electrons. The molecule has 1 aliphatic rings. The Kier molecular flexibility index (Phi) is 6.52. The summed E-state index contributed by atoms with van der Waals surface area (Å²) in [6.45, 7) is 8.22. The van der Waals surface area contributed by atoms with Gasteiger partial charge < -0.3 is 15.0 Å². The maximum Gasteiger partial charge on any atom is 0.0511 e. The van der Waals surface area contributed by atoms with Gasteiger partial charge in [0.25, 0.3) is 0 Å². The molecule has 118 valence electrons. The SMILES string of the molecule is CCNC(C)c1ccc(N(C)CC2CCCOC2)c(Br)c1. The number of rotatable bonds is 6. The molecule has 1 N–H and O–H groups in total. The van der Waals surface area contributed by atoms with Gasteiger partial charge in [0.2, 0.25) is 0 Å². The number of benzene rings is 1. The fraction of sp³-hybridized carbons (Fsp3) is 0.647. The second-order valence-corrected chi connectivity index (χ2v) is 6.81. The van der Waals surface area contributed by atoms with E-state index in [1.54, 1.807) is 0 Å². The molecule has 0 amide bonds. The van der Waals surface area contributed by atoms with Crippen LogP contribution in [-0.2, 0) is 4.74 Å². The Bertz CT molecular complexity index is 446. The topological polar surface area (TPSA) is 24.5 Å². The number of ether oxygens (including phenoxy) is 1. The van der Waals surface area contributed by atoms with Gasteiger partial charge in [0.15, 0.2) is 0 Å². The zero-order valence-electron chi connectivity index (χ0n) is 13.4. The summed E-state index contributed by atoms with van der Waals surface area (Å²) in [6.07, 6.45) is 2.47. The average Bonchev–Trinajstić information content (AvgIpc) is 2.48. The van der Waals surface area contributed by atoms with Crippen molar-refractivity contribution in [1.82, 2.24) is 5.32 Å². The van der Waals surface area contributed by atoms with Crippen molar-refractivity contribution in [2.75, 3.05) is 38.3 Å². The van der Waals surface area contributed by atoms with E-state index in [2.05, 4.69) is 65.2 Å². The van der Waals surface area contributed by atoms with Crippen molar-refractivity contribution in [1.29, 1.82) is 0 Å². The third-order valence-electron chi connectivity index (χ3n) is 4.18. The summed E-state index contributed by atoms with van der Waals surface area (Å²) in [5.41, 5.74) is 2.58. The lowest BCUT2D eigenvalue weighted by Gasteiger charge is -2.29. The Balaban J connectivity index is 2.01. The molecule has 0 aromatic heterocycles. The molecular weight excluding hydrogens is 328 g/mol. The van der Waals surface area contributed by atoms with Gasteiger partial charge in [-0.25, -0.2) is 0 Å². The Morgan fingerprint density at radius 1 is 1.48 bits per heavy atom. The number of halogens is 1. The van der Waals surface area contributed by atoms with Gasteiger partial charge in [-0.15, -0.1) is 0 Å². The smallest absolute Gasteiger partial charge is 0.0511 e. The summed E-state index contributed by atoms with van der Waals surface area (Å²) in [4.78, 5) is 2.34. The summed E-state index contributed by atoms with van der Waals surface area (Å²) in [5.74, 6) is 0.649. The second-order valence-electron chi connectivity index (χ2n) is 5.95. The van der Waals surface area contributed by atoms with Gasteiger partial charge in [0.05, 0.1) is 12.3 Å². The van der Waals surface area contributed by atoms with Crippen LogP contribution in [0.5, 0.6) is 0 Å². The maximum absolute atomic E-state index is 5.58. The lowest BCUT2D eigenvalue weighted by molar-refractivity contribution is 0.0576. The normalized spacial score (nSPS) is 20.3. The number of nitrogens with one attached hydrogen (secondary N) is 1. The van der Waals surface area contributed by atoms with Crippen LogP contribution < -0.4 is 10.2 Å². The number of hydrogen-bond acceptors (Lipinski definition) is 3. The molecule has 2 unspecified atom stereocenters. The minimum absolute atomic E-state index is 0.386. The highest BCUT2D eigenvalue weighted by atomic mass is 79.9. The molecule has 0 spiro atoms. The van der Waals surface area contributed by atoms with Crippen LogP contribution in [-0.4, -0.2) is 33.4 Å². The van der Waals surface area contributed by atoms with Crippen LogP contribution in [0.4, 0.5) is 5.69 Å². The lowest BCUT2D eigenvalue weighted by Crippen LogP contribution is -2.31. The third kappa shape index (κ3) is 4.70. The quantitative estimate of drug-likeness (QED) is 0.835. The highest BCUT2D eigenvalue weighted by Gasteiger charge is 2.17. The minimum atomic E-state index is 0.386. The predicted octanol–water partition coefficient (Wildman–Crippen LogP) is 3.98. The predicted molar refractivity (Wildman–Crippen MR) is 93.0 cm³/mol. The first-order valence-corrected chi connectivity index (χ1v) is 8.72. The van der Waals surface area contributed by atoms with E-state index in [0.717, 1.165) is 26.3 Å². The van der Waals surface area contributed by atoms with Crippen LogP contribution in [0.15, 0.2) is 22.7 Å². The van der Waals surface area contributed by atoms with Crippen molar-refractivity contribution in [3.05, 3.63) is 28.2 Å². The molecule has 2 atom stereocenters. The van der Waals surface area contributed by atoms with Crippen molar-refractivity contribution in [3.8, 4) is 0 Å². The van der Waals surface area contributed by atoms with Crippen molar-refractivity contribution in [2.45, 2.75) is 32.7 Å². The zero-order valence-corrected chi connectivity index (χ0v) is 14.9. The molecule has 0 saturated carbocycles. The number of anilines is 1. The van der Waals surface area contributed by atoms with Crippen molar-refractivity contribution >= 4 is 21.6 Å². The van der Waals surface area contributed by atoms with Gasteiger partial charge in [-0.05, 0) is 65.9 Å². The summed E-state index contributed by atoms with van der Waals surface area (Å²) in [7, 11) is 2.17. The van der Waals surface area contributed by atoms with Gasteiger partial charge >= 0.3 is 0 Å². The number of hydrogen-bond donors (Lipinski definition) is 1. The molecule has 1 fully saturated rings. The van der Waals surface area contributed by atoms with Gasteiger partial charge in [0.1, 0.15) is 0 Å². The standard InChI is InChI=1S/C17H27BrN2O/c1-4-19-13(2)15-7-8-17(16(18)10-15)20(3)11-14-6-5-9-21-12-14/h7-8,10,13-14,19H,4-6,9,11-12H2,1-3H3. The van der Waals surface area contributed by atoms with E-state index in [4.69, 9.17) is 4.74 Å². The highest BCUT2D eigenvalue weighted by Crippen LogP contribution is 2.30. The lowest BCUT2D eigenvalue weighted by atomic mass is 10.0. The van der Waals surface area contributed by atoms with Gasteiger partial charge in [-0.1, -0.05) is 13.0 Å². The Morgan fingerprint density at radius 3 is 2.90 bits per heavy atom. The molecule has 1 saturated heterocycles. The molecule has 4 heteroatoms. The van der Waals surface area contributed by atoms with Crippen molar-refractivity contribution in [3.63, 3.8) is 0 Å². The Hall–Kier alpha value is -0.580. The molecule has 1 heterocycles. The van der Waals surface area contributed by atoms with Crippen LogP contribution in [0.1, 0.15) is 38.3 Å². The van der Waals surface area contributed by atoms with Gasteiger partial charge in [-0.3, -0.25) is 0 Å². The van der Waals surface area contributed by atoms with Crippen LogP contribution in [0.3, 0.4) is 0 Å². The molecule has 0 aliphatic carbocycles. The first-order chi connectivity index (χ1) is 10.1. The van der Waals surface area contributed by atoms with E-state index in [-0.39, 0.29) is 0 Å². The minimum Gasteiger partial charge on any atom is -0.381 e. The average molecular weight is 355 g/mol. The largest absolute Gasteiger partial charge is 0.381 e. The molecule has 21 heavy (non-hydrogen) atoms. The maximum atomic E-state index is 5.58. The Morgan fingerprint density at radius 2 is 2.29 bits per heavy atom. The van der Waals surface area contributed by atoms with Crippen LogP contribution in [0.25, 0.3) is 0 Å². The van der Waals surface area contributed by atoms with E-state index < -0.39 is 0 Å². The highest BCUT2D eigenvalue weighted by molar-refractivity contribution is 9.10. The fourth-order valence-corrected chi connectivity index (χ4v) is 3.66. The molecular formula is C17H27BrN2O.